The third-order valence-corrected chi connectivity index (χ3v) is 4.09. The van der Waals surface area contributed by atoms with Gasteiger partial charge in [0.05, 0.1) is 0 Å². The van der Waals surface area contributed by atoms with Gasteiger partial charge >= 0.3 is 0 Å². The largest absolute Gasteiger partial charge is 0.289 e. The van der Waals surface area contributed by atoms with E-state index in [0.29, 0.717) is 5.92 Å². The monoisotopic (exact) mass is 226 g/mol. The molecule has 0 heterocycles. The highest BCUT2D eigenvalue weighted by molar-refractivity contribution is 8.47. The number of benzene rings is 1. The van der Waals surface area contributed by atoms with E-state index in [1.54, 1.807) is 0 Å². The van der Waals surface area contributed by atoms with Gasteiger partial charge in [-0.3, -0.25) is 9.16 Å². The van der Waals surface area contributed by atoms with Gasteiger partial charge in [-0.05, 0) is 47.8 Å². The van der Waals surface area contributed by atoms with Gasteiger partial charge in [0.2, 0.25) is 0 Å². The van der Waals surface area contributed by atoms with Crippen molar-refractivity contribution < 1.29 is 0 Å². The predicted octanol–water partition coefficient (Wildman–Crippen LogP) is 3.90. The molecule has 1 aromatic rings. The summed E-state index contributed by atoms with van der Waals surface area (Å²) < 4.78 is 0. The van der Waals surface area contributed by atoms with Gasteiger partial charge < -0.3 is 0 Å². The van der Waals surface area contributed by atoms with Gasteiger partial charge in [0.25, 0.3) is 0 Å². The van der Waals surface area contributed by atoms with Gasteiger partial charge in [0.15, 0.2) is 0 Å². The van der Waals surface area contributed by atoms with Crippen molar-refractivity contribution in [2.75, 3.05) is 25.0 Å². The molecule has 0 saturated carbocycles. The molecule has 0 aliphatic heterocycles. The molecule has 0 unspecified atom stereocenters. The first-order valence-electron chi connectivity index (χ1n) is 5.72. The number of hydrogen-bond acceptors (Lipinski definition) is 0. The lowest BCUT2D eigenvalue weighted by Crippen LogP contribution is -2.13. The smallest absolute Gasteiger partial charge is 0.0110 e. The average Bonchev–Trinajstić information content (AvgIpc) is 2.00. The molecule has 0 amide bonds. The van der Waals surface area contributed by atoms with Gasteiger partial charge in [-0.1, -0.05) is 38.1 Å². The maximum atomic E-state index is 2.43. The Morgan fingerprint density at radius 3 is 1.73 bits per heavy atom. The van der Waals surface area contributed by atoms with Crippen molar-refractivity contribution >= 4 is 9.16 Å². The fourth-order valence-electron chi connectivity index (χ4n) is 1.74. The SMILES string of the molecule is CC(C)c1ccc(C[SH](C)(C)(C)C)cc1. The molecule has 0 atom stereocenters. The van der Waals surface area contributed by atoms with E-state index in [2.05, 4.69) is 63.1 Å². The molecule has 0 saturated heterocycles. The van der Waals surface area contributed by atoms with Crippen molar-refractivity contribution in [3.8, 4) is 0 Å². The number of hydrogen-bond donors (Lipinski definition) is 1. The standard InChI is InChI=1S/C14H26S/c1-12(2)14-9-7-13(8-10-14)11-15(3,4,5)6/h7-10,12,15H,11H2,1-6H3. The molecule has 15 heavy (non-hydrogen) atoms. The van der Waals surface area contributed by atoms with Crippen molar-refractivity contribution in [2.45, 2.75) is 25.5 Å². The van der Waals surface area contributed by atoms with Gasteiger partial charge in [-0.2, -0.15) is 0 Å². The zero-order valence-electron chi connectivity index (χ0n) is 11.0. The summed E-state index contributed by atoms with van der Waals surface area (Å²) in [5.74, 6) is 1.89. The van der Waals surface area contributed by atoms with E-state index in [9.17, 15) is 0 Å². The highest BCUT2D eigenvalue weighted by Gasteiger charge is 2.18. The Morgan fingerprint density at radius 2 is 1.40 bits per heavy atom. The first kappa shape index (κ1) is 12.6. The van der Waals surface area contributed by atoms with E-state index in [1.807, 2.05) is 0 Å². The fraction of sp³-hybridized carbons (Fsp3) is 0.571. The molecule has 0 radical (unpaired) electrons. The van der Waals surface area contributed by atoms with Crippen molar-refractivity contribution in [3.05, 3.63) is 35.4 Å². The minimum Gasteiger partial charge on any atom is -0.289 e. The Bertz CT molecular complexity index is 315. The van der Waals surface area contributed by atoms with Gasteiger partial charge in [-0.25, -0.2) is 0 Å². The minimum absolute atomic E-state index is 0.640. The summed E-state index contributed by atoms with van der Waals surface area (Å²) in [5, 5.41) is 0. The zero-order valence-corrected chi connectivity index (χ0v) is 11.9. The number of rotatable bonds is 3. The van der Waals surface area contributed by atoms with Gasteiger partial charge in [0.1, 0.15) is 0 Å². The lowest BCUT2D eigenvalue weighted by molar-refractivity contribution is 0.866. The van der Waals surface area contributed by atoms with Crippen LogP contribution in [-0.2, 0) is 5.75 Å². The van der Waals surface area contributed by atoms with Crippen LogP contribution in [0.2, 0.25) is 0 Å². The molecule has 0 N–H and O–H groups in total. The molecule has 0 aliphatic rings. The molecule has 0 fully saturated rings. The van der Waals surface area contributed by atoms with E-state index in [1.165, 1.54) is 16.9 Å². The average molecular weight is 226 g/mol. The molecular weight excluding hydrogens is 200 g/mol. The molecule has 0 aromatic heterocycles. The van der Waals surface area contributed by atoms with Crippen LogP contribution in [0.25, 0.3) is 0 Å². The predicted molar refractivity (Wildman–Crippen MR) is 76.9 cm³/mol. The van der Waals surface area contributed by atoms with E-state index in [4.69, 9.17) is 0 Å². The van der Waals surface area contributed by atoms with Crippen LogP contribution in [0.4, 0.5) is 0 Å². The summed E-state index contributed by atoms with van der Waals surface area (Å²) in [6.45, 7) is 4.49. The van der Waals surface area contributed by atoms with Crippen LogP contribution in [0.5, 0.6) is 0 Å². The topological polar surface area (TPSA) is 0 Å². The number of thiol groups is 1. The fourth-order valence-corrected chi connectivity index (χ4v) is 3.41. The first-order valence-corrected chi connectivity index (χ1v) is 9.93. The lowest BCUT2D eigenvalue weighted by atomic mass is 10.0. The Kier molecular flexibility index (Phi) is 3.25. The van der Waals surface area contributed by atoms with Crippen LogP contribution in [0, 0.1) is 0 Å². The summed E-state index contributed by atoms with van der Waals surface area (Å²) >= 11 is 0. The van der Waals surface area contributed by atoms with Crippen LogP contribution in [0.15, 0.2) is 24.3 Å². The summed E-state index contributed by atoms with van der Waals surface area (Å²) in [7, 11) is -1.40. The van der Waals surface area contributed by atoms with Crippen LogP contribution in [0.3, 0.4) is 0 Å². The molecule has 88 valence electrons. The third-order valence-electron chi connectivity index (χ3n) is 2.46. The quantitative estimate of drug-likeness (QED) is 0.743. The Labute approximate surface area is 95.4 Å². The summed E-state index contributed by atoms with van der Waals surface area (Å²) in [4.78, 5) is 0. The van der Waals surface area contributed by atoms with E-state index < -0.39 is 9.16 Å². The Balaban J connectivity index is 2.83. The minimum atomic E-state index is -1.40. The van der Waals surface area contributed by atoms with Crippen molar-refractivity contribution in [1.82, 2.24) is 0 Å². The lowest BCUT2D eigenvalue weighted by Gasteiger charge is -2.47. The van der Waals surface area contributed by atoms with Crippen LogP contribution < -0.4 is 0 Å². The van der Waals surface area contributed by atoms with Crippen molar-refractivity contribution in [1.29, 1.82) is 0 Å². The molecule has 0 spiro atoms. The maximum absolute atomic E-state index is 2.43. The third kappa shape index (κ3) is 4.74. The molecule has 1 aromatic carbocycles. The highest BCUT2D eigenvalue weighted by atomic mass is 32.3. The molecule has 1 rings (SSSR count). The summed E-state index contributed by atoms with van der Waals surface area (Å²) in [5.41, 5.74) is 2.94. The molecular formula is C14H26S. The maximum Gasteiger partial charge on any atom is -0.0110 e. The first-order chi connectivity index (χ1) is 6.63. The molecule has 0 aliphatic carbocycles. The van der Waals surface area contributed by atoms with Crippen LogP contribution in [0.1, 0.15) is 30.9 Å². The normalized spacial score (nSPS) is 15.0. The summed E-state index contributed by atoms with van der Waals surface area (Å²) in [6, 6.07) is 9.16. The van der Waals surface area contributed by atoms with Gasteiger partial charge in [0, 0.05) is 0 Å². The van der Waals surface area contributed by atoms with E-state index in [0.717, 1.165) is 0 Å². The van der Waals surface area contributed by atoms with Crippen LogP contribution >= 0.6 is 9.16 Å². The van der Waals surface area contributed by atoms with Crippen molar-refractivity contribution in [2.24, 2.45) is 0 Å². The van der Waals surface area contributed by atoms with Crippen LogP contribution in [-0.4, -0.2) is 25.0 Å². The van der Waals surface area contributed by atoms with E-state index >= 15 is 0 Å². The van der Waals surface area contributed by atoms with Crippen molar-refractivity contribution in [3.63, 3.8) is 0 Å². The zero-order chi connectivity index (χ0) is 11.7. The summed E-state index contributed by atoms with van der Waals surface area (Å²) in [6.07, 6.45) is 9.73. The second-order valence-corrected chi connectivity index (χ2v) is 15.2. The second kappa shape index (κ2) is 3.86. The molecule has 0 bridgehead atoms. The second-order valence-electron chi connectivity index (χ2n) is 7.00. The van der Waals surface area contributed by atoms with E-state index in [-0.39, 0.29) is 0 Å². The highest BCUT2D eigenvalue weighted by Crippen LogP contribution is 2.58. The van der Waals surface area contributed by atoms with Gasteiger partial charge in [-0.15, -0.1) is 0 Å². The Morgan fingerprint density at radius 1 is 0.933 bits per heavy atom. The molecule has 1 heteroatoms. The molecule has 0 nitrogen and oxygen atoms in total. The Hall–Kier alpha value is -0.430.